The van der Waals surface area contributed by atoms with E-state index in [4.69, 9.17) is 4.74 Å². The molecule has 0 aliphatic carbocycles. The van der Waals surface area contributed by atoms with Crippen molar-refractivity contribution in [3.8, 4) is 5.75 Å². The summed E-state index contributed by atoms with van der Waals surface area (Å²) in [5, 5.41) is 2.60. The molecule has 1 heterocycles. The lowest BCUT2D eigenvalue weighted by Gasteiger charge is -2.04. The minimum Gasteiger partial charge on any atom is -0.497 e. The highest BCUT2D eigenvalue weighted by Gasteiger charge is 2.07. The summed E-state index contributed by atoms with van der Waals surface area (Å²) in [5.41, 5.74) is 0.516. The molecule has 0 unspecified atom stereocenters. The van der Waals surface area contributed by atoms with E-state index in [2.05, 4.69) is 31.2 Å². The predicted octanol–water partition coefficient (Wildman–Crippen LogP) is 2.50. The Balaban J connectivity index is 2.09. The predicted molar refractivity (Wildman–Crippen MR) is 70.7 cm³/mol. The van der Waals surface area contributed by atoms with Crippen LogP contribution in [0, 0.1) is 0 Å². The molecule has 5 nitrogen and oxygen atoms in total. The van der Waals surface area contributed by atoms with Gasteiger partial charge >= 0.3 is 0 Å². The van der Waals surface area contributed by atoms with Crippen molar-refractivity contribution in [1.82, 2.24) is 9.97 Å². The Bertz CT molecular complexity index is 540. The van der Waals surface area contributed by atoms with Crippen LogP contribution in [0.5, 0.6) is 5.75 Å². The van der Waals surface area contributed by atoms with Crippen LogP contribution < -0.4 is 10.1 Å². The Labute approximate surface area is 112 Å². The number of ether oxygens (including phenoxy) is 1. The van der Waals surface area contributed by atoms with Crippen molar-refractivity contribution >= 4 is 27.8 Å². The lowest BCUT2D eigenvalue weighted by Crippen LogP contribution is -2.13. The van der Waals surface area contributed by atoms with Gasteiger partial charge in [-0.2, -0.15) is 0 Å². The second kappa shape index (κ2) is 5.59. The maximum Gasteiger partial charge on any atom is 0.258 e. The molecule has 0 saturated carbocycles. The highest BCUT2D eigenvalue weighted by molar-refractivity contribution is 9.10. The maximum absolute atomic E-state index is 11.9. The molecule has 1 N–H and O–H groups in total. The molecule has 18 heavy (non-hydrogen) atoms. The first-order valence-corrected chi connectivity index (χ1v) is 5.91. The van der Waals surface area contributed by atoms with Gasteiger partial charge in [0.05, 0.1) is 11.6 Å². The smallest absolute Gasteiger partial charge is 0.258 e. The molecule has 0 atom stereocenters. The summed E-state index contributed by atoms with van der Waals surface area (Å²) < 4.78 is 5.77. The largest absolute Gasteiger partial charge is 0.497 e. The highest BCUT2D eigenvalue weighted by atomic mass is 79.9. The van der Waals surface area contributed by atoms with E-state index in [1.54, 1.807) is 43.8 Å². The lowest BCUT2D eigenvalue weighted by molar-refractivity contribution is 0.102. The van der Waals surface area contributed by atoms with Crippen LogP contribution in [0.2, 0.25) is 0 Å². The van der Waals surface area contributed by atoms with E-state index in [9.17, 15) is 4.79 Å². The van der Waals surface area contributed by atoms with Crippen LogP contribution in [0.3, 0.4) is 0 Å². The summed E-state index contributed by atoms with van der Waals surface area (Å²) in [7, 11) is 1.57. The molecule has 0 aliphatic rings. The van der Waals surface area contributed by atoms with Crippen LogP contribution in [0.1, 0.15) is 10.4 Å². The number of nitrogens with zero attached hydrogens (tertiary/aromatic N) is 2. The molecule has 0 spiro atoms. The van der Waals surface area contributed by atoms with Crippen LogP contribution in [-0.2, 0) is 0 Å². The van der Waals surface area contributed by atoms with Crippen molar-refractivity contribution in [2.45, 2.75) is 0 Å². The summed E-state index contributed by atoms with van der Waals surface area (Å²) in [6.45, 7) is 0. The van der Waals surface area contributed by atoms with E-state index in [-0.39, 0.29) is 11.9 Å². The van der Waals surface area contributed by atoms with E-state index in [0.717, 1.165) is 4.47 Å². The fourth-order valence-electron chi connectivity index (χ4n) is 1.29. The summed E-state index contributed by atoms with van der Waals surface area (Å²) >= 11 is 3.22. The summed E-state index contributed by atoms with van der Waals surface area (Å²) in [6.07, 6.45) is 3.13. The third kappa shape index (κ3) is 3.04. The van der Waals surface area contributed by atoms with Gasteiger partial charge in [0.25, 0.3) is 5.91 Å². The van der Waals surface area contributed by atoms with Crippen molar-refractivity contribution in [2.24, 2.45) is 0 Å². The molecular formula is C12H10BrN3O2. The molecule has 0 bridgehead atoms. The highest BCUT2D eigenvalue weighted by Crippen LogP contribution is 2.12. The molecule has 0 radical (unpaired) electrons. The number of hydrogen-bond donors (Lipinski definition) is 1. The van der Waals surface area contributed by atoms with Gasteiger partial charge in [0.2, 0.25) is 5.95 Å². The van der Waals surface area contributed by atoms with Crippen molar-refractivity contribution < 1.29 is 9.53 Å². The number of halogens is 1. The van der Waals surface area contributed by atoms with Crippen LogP contribution in [0.25, 0.3) is 0 Å². The normalized spacial score (nSPS) is 9.89. The number of methoxy groups -OCH3 is 1. The molecule has 6 heteroatoms. The second-order valence-electron chi connectivity index (χ2n) is 3.41. The maximum atomic E-state index is 11.9. The fraction of sp³-hybridized carbons (Fsp3) is 0.0833. The Morgan fingerprint density at radius 1 is 1.22 bits per heavy atom. The molecule has 1 amide bonds. The fourth-order valence-corrected chi connectivity index (χ4v) is 1.50. The van der Waals surface area contributed by atoms with Crippen LogP contribution in [0.15, 0.2) is 41.1 Å². The van der Waals surface area contributed by atoms with Gasteiger partial charge in [-0.25, -0.2) is 9.97 Å². The number of aromatic nitrogens is 2. The summed E-state index contributed by atoms with van der Waals surface area (Å²) in [6, 6.07) is 6.79. The molecule has 2 aromatic rings. The second-order valence-corrected chi connectivity index (χ2v) is 4.32. The Morgan fingerprint density at radius 3 is 2.39 bits per heavy atom. The zero-order chi connectivity index (χ0) is 13.0. The average molecular weight is 308 g/mol. The third-order valence-electron chi connectivity index (χ3n) is 2.20. The van der Waals surface area contributed by atoms with Gasteiger partial charge in [-0.15, -0.1) is 0 Å². The first-order chi connectivity index (χ1) is 8.69. The average Bonchev–Trinajstić information content (AvgIpc) is 2.41. The molecule has 1 aromatic heterocycles. The molecule has 92 valence electrons. The van der Waals surface area contributed by atoms with Crippen LogP contribution in [-0.4, -0.2) is 23.0 Å². The zero-order valence-corrected chi connectivity index (χ0v) is 11.1. The van der Waals surface area contributed by atoms with Gasteiger partial charge in [0, 0.05) is 18.0 Å². The molecule has 0 fully saturated rings. The van der Waals surface area contributed by atoms with Gasteiger partial charge in [-0.05, 0) is 40.2 Å². The number of rotatable bonds is 3. The zero-order valence-electron chi connectivity index (χ0n) is 9.55. The standard InChI is InChI=1S/C12H10BrN3O2/c1-18-10-4-2-8(3-5-10)11(17)16-12-14-6-9(13)7-15-12/h2-7H,1H3,(H,14,15,16,17). The van der Waals surface area contributed by atoms with Crippen molar-refractivity contribution in [1.29, 1.82) is 0 Å². The van der Waals surface area contributed by atoms with Gasteiger partial charge < -0.3 is 4.74 Å². The van der Waals surface area contributed by atoms with E-state index in [1.165, 1.54) is 0 Å². The molecule has 2 rings (SSSR count). The summed E-state index contributed by atoms with van der Waals surface area (Å²) in [4.78, 5) is 19.8. The Morgan fingerprint density at radius 2 is 1.83 bits per heavy atom. The molecule has 0 saturated heterocycles. The quantitative estimate of drug-likeness (QED) is 0.946. The molecular weight excluding hydrogens is 298 g/mol. The van der Waals surface area contributed by atoms with Gasteiger partial charge in [-0.3, -0.25) is 10.1 Å². The van der Waals surface area contributed by atoms with E-state index < -0.39 is 0 Å². The van der Waals surface area contributed by atoms with Crippen molar-refractivity contribution in [2.75, 3.05) is 12.4 Å². The van der Waals surface area contributed by atoms with Gasteiger partial charge in [0.15, 0.2) is 0 Å². The summed E-state index contributed by atoms with van der Waals surface area (Å²) in [5.74, 6) is 0.699. The minimum absolute atomic E-state index is 0.263. The third-order valence-corrected chi connectivity index (χ3v) is 2.61. The Hall–Kier alpha value is -1.95. The van der Waals surface area contributed by atoms with E-state index in [0.29, 0.717) is 11.3 Å². The monoisotopic (exact) mass is 307 g/mol. The van der Waals surface area contributed by atoms with E-state index >= 15 is 0 Å². The van der Waals surface area contributed by atoms with Crippen LogP contribution >= 0.6 is 15.9 Å². The number of carbonyl (C=O) groups is 1. The SMILES string of the molecule is COc1ccc(C(=O)Nc2ncc(Br)cn2)cc1. The first kappa shape index (κ1) is 12.5. The first-order valence-electron chi connectivity index (χ1n) is 5.12. The number of benzene rings is 1. The van der Waals surface area contributed by atoms with Gasteiger partial charge in [0.1, 0.15) is 5.75 Å². The number of anilines is 1. The van der Waals surface area contributed by atoms with E-state index in [1.807, 2.05) is 0 Å². The van der Waals surface area contributed by atoms with Crippen LogP contribution in [0.4, 0.5) is 5.95 Å². The number of hydrogen-bond acceptors (Lipinski definition) is 4. The topological polar surface area (TPSA) is 64.1 Å². The number of nitrogens with one attached hydrogen (secondary N) is 1. The Kier molecular flexibility index (Phi) is 3.88. The number of amides is 1. The van der Waals surface area contributed by atoms with Crippen molar-refractivity contribution in [3.05, 3.63) is 46.7 Å². The molecule has 0 aliphatic heterocycles. The molecule has 1 aromatic carbocycles. The van der Waals surface area contributed by atoms with Gasteiger partial charge in [-0.1, -0.05) is 0 Å². The number of carbonyl (C=O) groups excluding carboxylic acids is 1. The minimum atomic E-state index is -0.264. The lowest BCUT2D eigenvalue weighted by atomic mass is 10.2. The van der Waals surface area contributed by atoms with Crippen molar-refractivity contribution in [3.63, 3.8) is 0 Å².